The summed E-state index contributed by atoms with van der Waals surface area (Å²) >= 11 is 0. The maximum absolute atomic E-state index is 12.8. The molecule has 0 saturated heterocycles. The van der Waals surface area contributed by atoms with Crippen molar-refractivity contribution in [2.45, 2.75) is 26.6 Å². The van der Waals surface area contributed by atoms with Crippen molar-refractivity contribution in [3.05, 3.63) is 81.1 Å². The molecule has 3 rings (SSSR count). The molecule has 3 aromatic rings. The Labute approximate surface area is 184 Å². The van der Waals surface area contributed by atoms with Crippen molar-refractivity contribution in [3.63, 3.8) is 0 Å². The van der Waals surface area contributed by atoms with Gasteiger partial charge in [-0.2, -0.15) is 13.2 Å². The van der Waals surface area contributed by atoms with E-state index in [0.29, 0.717) is 30.1 Å². The quantitative estimate of drug-likeness (QED) is 0.313. The number of carbonyl (C=O) groups is 2. The molecule has 0 aliphatic carbocycles. The molecule has 1 amide bonds. The van der Waals surface area contributed by atoms with Crippen LogP contribution in [0.3, 0.4) is 0 Å². The Bertz CT molecular complexity index is 1200. The number of alkyl halides is 3. The summed E-state index contributed by atoms with van der Waals surface area (Å²) in [4.78, 5) is 34.6. The lowest BCUT2D eigenvalue weighted by Gasteiger charge is -2.10. The van der Waals surface area contributed by atoms with Gasteiger partial charge in [-0.25, -0.2) is 4.79 Å². The Morgan fingerprint density at radius 2 is 1.94 bits per heavy atom. The van der Waals surface area contributed by atoms with Crippen molar-refractivity contribution >= 4 is 23.3 Å². The van der Waals surface area contributed by atoms with Crippen LogP contribution in [-0.4, -0.2) is 28.0 Å². The standard InChI is InChI=1S/C21H18F3N3O6/c1-12-8-16(13(2)26(12)10-15-4-3-7-32-15)20(29)33-11-19(28)25-17-6-5-14(21(22,23)24)9-18(17)27(30)31/h3-9H,10-11H2,1-2H3,(H,25,28). The fraction of sp³-hybridized carbons (Fsp3) is 0.238. The monoisotopic (exact) mass is 465 g/mol. The number of carbonyl (C=O) groups excluding carboxylic acids is 2. The molecule has 0 atom stereocenters. The van der Waals surface area contributed by atoms with E-state index in [2.05, 4.69) is 5.32 Å². The molecule has 0 unspecified atom stereocenters. The number of aromatic nitrogens is 1. The summed E-state index contributed by atoms with van der Waals surface area (Å²) in [5.74, 6) is -1.07. The summed E-state index contributed by atoms with van der Waals surface area (Å²) in [6, 6.07) is 6.78. The number of aryl methyl sites for hydroxylation is 1. The maximum Gasteiger partial charge on any atom is 0.416 e. The first kappa shape index (κ1) is 23.6. The number of rotatable bonds is 7. The van der Waals surface area contributed by atoms with Gasteiger partial charge in [-0.1, -0.05) is 0 Å². The van der Waals surface area contributed by atoms with Crippen molar-refractivity contribution in [3.8, 4) is 0 Å². The number of nitro groups is 1. The van der Waals surface area contributed by atoms with Gasteiger partial charge in [-0.15, -0.1) is 0 Å². The third kappa shape index (κ3) is 5.40. The number of amides is 1. The van der Waals surface area contributed by atoms with Crippen LogP contribution in [-0.2, 0) is 22.3 Å². The van der Waals surface area contributed by atoms with Crippen molar-refractivity contribution in [2.24, 2.45) is 0 Å². The molecule has 12 heteroatoms. The predicted molar refractivity (Wildman–Crippen MR) is 109 cm³/mol. The van der Waals surface area contributed by atoms with Gasteiger partial charge in [-0.3, -0.25) is 14.9 Å². The Kier molecular flexibility index (Phi) is 6.56. The molecule has 174 valence electrons. The van der Waals surface area contributed by atoms with Crippen molar-refractivity contribution in [1.82, 2.24) is 4.57 Å². The Morgan fingerprint density at radius 3 is 2.55 bits per heavy atom. The normalized spacial score (nSPS) is 11.3. The van der Waals surface area contributed by atoms with E-state index in [9.17, 15) is 32.9 Å². The number of halogens is 3. The lowest BCUT2D eigenvalue weighted by molar-refractivity contribution is -0.384. The first-order valence-corrected chi connectivity index (χ1v) is 9.49. The number of benzene rings is 1. The third-order valence-electron chi connectivity index (χ3n) is 4.82. The maximum atomic E-state index is 12.8. The summed E-state index contributed by atoms with van der Waals surface area (Å²) in [6.45, 7) is 3.07. The summed E-state index contributed by atoms with van der Waals surface area (Å²) in [5.41, 5.74) is -1.08. The van der Waals surface area contributed by atoms with Crippen LogP contribution in [0.5, 0.6) is 0 Å². The molecule has 0 radical (unpaired) electrons. The summed E-state index contributed by atoms with van der Waals surface area (Å²) in [7, 11) is 0. The van der Waals surface area contributed by atoms with Gasteiger partial charge >= 0.3 is 12.1 Å². The summed E-state index contributed by atoms with van der Waals surface area (Å²) < 4.78 is 50.5. The number of furan rings is 1. The Morgan fingerprint density at radius 1 is 1.21 bits per heavy atom. The molecule has 33 heavy (non-hydrogen) atoms. The van der Waals surface area contributed by atoms with Crippen LogP contribution in [0, 0.1) is 24.0 Å². The molecule has 0 saturated carbocycles. The minimum absolute atomic E-state index is 0.215. The SMILES string of the molecule is Cc1cc(C(=O)OCC(=O)Nc2ccc(C(F)(F)F)cc2[N+](=O)[O-])c(C)n1Cc1ccco1. The van der Waals surface area contributed by atoms with Crippen LogP contribution < -0.4 is 5.32 Å². The highest BCUT2D eigenvalue weighted by molar-refractivity contribution is 5.97. The molecular weight excluding hydrogens is 447 g/mol. The lowest BCUT2D eigenvalue weighted by atomic mass is 10.1. The van der Waals surface area contributed by atoms with Crippen LogP contribution in [0.1, 0.15) is 33.1 Å². The lowest BCUT2D eigenvalue weighted by Crippen LogP contribution is -2.22. The van der Waals surface area contributed by atoms with Crippen molar-refractivity contribution in [2.75, 3.05) is 11.9 Å². The minimum Gasteiger partial charge on any atom is -0.467 e. The van der Waals surface area contributed by atoms with Gasteiger partial charge in [0.2, 0.25) is 0 Å². The van der Waals surface area contributed by atoms with E-state index in [0.717, 1.165) is 11.8 Å². The molecule has 0 bridgehead atoms. The number of hydrogen-bond acceptors (Lipinski definition) is 6. The van der Waals surface area contributed by atoms with Gasteiger partial charge in [0.1, 0.15) is 11.4 Å². The molecule has 0 aliphatic rings. The largest absolute Gasteiger partial charge is 0.467 e. The first-order valence-electron chi connectivity index (χ1n) is 9.49. The third-order valence-corrected chi connectivity index (χ3v) is 4.82. The minimum atomic E-state index is -4.79. The van der Waals surface area contributed by atoms with E-state index in [4.69, 9.17) is 9.15 Å². The molecule has 9 nitrogen and oxygen atoms in total. The van der Waals surface area contributed by atoms with Crippen LogP contribution in [0.15, 0.2) is 47.1 Å². The number of hydrogen-bond donors (Lipinski definition) is 1. The van der Waals surface area contributed by atoms with Crippen LogP contribution in [0.4, 0.5) is 24.5 Å². The highest BCUT2D eigenvalue weighted by Gasteiger charge is 2.33. The van der Waals surface area contributed by atoms with Crippen molar-refractivity contribution < 1.29 is 36.8 Å². The molecule has 0 aliphatic heterocycles. The zero-order valence-corrected chi connectivity index (χ0v) is 17.4. The highest BCUT2D eigenvalue weighted by atomic mass is 19.4. The van der Waals surface area contributed by atoms with Crippen LogP contribution in [0.2, 0.25) is 0 Å². The van der Waals surface area contributed by atoms with Gasteiger partial charge in [0, 0.05) is 17.5 Å². The summed E-state index contributed by atoms with van der Waals surface area (Å²) in [6.07, 6.45) is -3.26. The van der Waals surface area contributed by atoms with Gasteiger partial charge in [0.05, 0.1) is 28.9 Å². The van der Waals surface area contributed by atoms with Gasteiger partial charge in [0.25, 0.3) is 11.6 Å². The second-order valence-electron chi connectivity index (χ2n) is 7.06. The average Bonchev–Trinajstić information content (AvgIpc) is 3.35. The molecule has 0 fully saturated rings. The zero-order chi connectivity index (χ0) is 24.3. The van der Waals surface area contributed by atoms with Gasteiger partial charge in [0.15, 0.2) is 6.61 Å². The van der Waals surface area contributed by atoms with Gasteiger partial charge < -0.3 is 19.0 Å². The highest BCUT2D eigenvalue weighted by Crippen LogP contribution is 2.35. The number of nitrogens with one attached hydrogen (secondary N) is 1. The van der Waals surface area contributed by atoms with Crippen molar-refractivity contribution in [1.29, 1.82) is 0 Å². The summed E-state index contributed by atoms with van der Waals surface area (Å²) in [5, 5.41) is 13.2. The van der Waals surface area contributed by atoms with E-state index in [1.807, 2.05) is 4.57 Å². The second kappa shape index (κ2) is 9.18. The number of ether oxygens (including phenoxy) is 1. The average molecular weight is 465 g/mol. The van der Waals surface area contributed by atoms with E-state index < -0.39 is 46.5 Å². The van der Waals surface area contributed by atoms with Gasteiger partial charge in [-0.05, 0) is 44.2 Å². The zero-order valence-electron chi connectivity index (χ0n) is 17.4. The van der Waals surface area contributed by atoms with Crippen LogP contribution in [0.25, 0.3) is 0 Å². The Hall–Kier alpha value is -4.09. The molecule has 2 heterocycles. The molecule has 1 N–H and O–H groups in total. The topological polar surface area (TPSA) is 117 Å². The Balaban J connectivity index is 1.67. The smallest absolute Gasteiger partial charge is 0.416 e. The molecule has 1 aromatic carbocycles. The first-order chi connectivity index (χ1) is 15.5. The number of nitro benzene ring substituents is 1. The van der Waals surface area contributed by atoms with E-state index in [1.165, 1.54) is 6.26 Å². The number of anilines is 1. The van der Waals surface area contributed by atoms with Crippen LogP contribution >= 0.6 is 0 Å². The second-order valence-corrected chi connectivity index (χ2v) is 7.06. The van der Waals surface area contributed by atoms with E-state index in [-0.39, 0.29) is 5.56 Å². The van der Waals surface area contributed by atoms with E-state index >= 15 is 0 Å². The van der Waals surface area contributed by atoms with E-state index in [1.54, 1.807) is 32.0 Å². The fourth-order valence-corrected chi connectivity index (χ4v) is 3.17. The predicted octanol–water partition coefficient (Wildman–Crippen LogP) is 4.47. The molecule has 2 aromatic heterocycles. The number of nitrogens with zero attached hydrogens (tertiary/aromatic N) is 2. The number of esters is 1. The molecular formula is C21H18F3N3O6. The molecule has 0 spiro atoms. The fourth-order valence-electron chi connectivity index (χ4n) is 3.17.